The zero-order valence-electron chi connectivity index (χ0n) is 22.9. The number of piperidine rings is 1. The Hall–Kier alpha value is -4.37. The second-order valence-electron chi connectivity index (χ2n) is 10.7. The number of fused-ring (bicyclic) bond motifs is 4. The van der Waals surface area contributed by atoms with Crippen molar-refractivity contribution in [2.45, 2.75) is 38.8 Å². The maximum absolute atomic E-state index is 13.2. The van der Waals surface area contributed by atoms with Crippen LogP contribution in [0, 0.1) is 5.92 Å². The Bertz CT molecular complexity index is 1610. The zero-order chi connectivity index (χ0) is 28.3. The van der Waals surface area contributed by atoms with Crippen LogP contribution in [0.1, 0.15) is 45.8 Å². The van der Waals surface area contributed by atoms with E-state index < -0.39 is 0 Å². The van der Waals surface area contributed by atoms with Gasteiger partial charge in [-0.25, -0.2) is 4.79 Å². The molecule has 3 N–H and O–H groups in total. The van der Waals surface area contributed by atoms with Crippen molar-refractivity contribution in [2.24, 2.45) is 5.92 Å². The van der Waals surface area contributed by atoms with Gasteiger partial charge in [0.15, 0.2) is 0 Å². The van der Waals surface area contributed by atoms with Gasteiger partial charge in [-0.15, -0.1) is 11.3 Å². The molecule has 2 aliphatic heterocycles. The third kappa shape index (κ3) is 5.90. The first-order valence-corrected chi connectivity index (χ1v) is 14.9. The lowest BCUT2D eigenvalue weighted by molar-refractivity contribution is 0.0951. The second-order valence-corrected chi connectivity index (χ2v) is 11.8. The largest absolute Gasteiger partial charge is 0.369 e. The molecule has 2 aromatic carbocycles. The first-order chi connectivity index (χ1) is 20.0. The van der Waals surface area contributed by atoms with Crippen LogP contribution in [0.3, 0.4) is 0 Å². The maximum Gasteiger partial charge on any atom is 0.323 e. The maximum atomic E-state index is 13.2. The van der Waals surface area contributed by atoms with E-state index in [2.05, 4.69) is 27.8 Å². The highest BCUT2D eigenvalue weighted by Crippen LogP contribution is 2.39. The number of nitrogens with one attached hydrogen (secondary N) is 3. The van der Waals surface area contributed by atoms with Crippen molar-refractivity contribution in [2.75, 3.05) is 28.6 Å². The number of anilines is 3. The molecule has 2 aromatic heterocycles. The third-order valence-corrected chi connectivity index (χ3v) is 8.83. The number of hydrogen-bond acceptors (Lipinski definition) is 5. The van der Waals surface area contributed by atoms with E-state index in [9.17, 15) is 14.4 Å². The predicted octanol–water partition coefficient (Wildman–Crippen LogP) is 5.67. The van der Waals surface area contributed by atoms with Crippen molar-refractivity contribution in [3.63, 3.8) is 0 Å². The van der Waals surface area contributed by atoms with E-state index in [1.807, 2.05) is 70.6 Å². The SMILES string of the molecule is CCc1ccc(NC(=O)Nc2cc(C(=O)NCc3cccs3)ccc2N2CC3CC(C2)c2cccc(=O)n2C3)cc1. The molecule has 2 bridgehead atoms. The molecule has 0 saturated carbocycles. The number of pyridine rings is 1. The number of carbonyl (C=O) groups is 2. The number of urea groups is 1. The van der Waals surface area contributed by atoms with Gasteiger partial charge in [-0.1, -0.05) is 31.2 Å². The number of benzene rings is 2. The summed E-state index contributed by atoms with van der Waals surface area (Å²) in [5.74, 6) is 0.324. The quantitative estimate of drug-likeness (QED) is 0.268. The van der Waals surface area contributed by atoms with Crippen LogP contribution in [0.25, 0.3) is 0 Å². The van der Waals surface area contributed by atoms with Crippen molar-refractivity contribution in [1.82, 2.24) is 9.88 Å². The third-order valence-electron chi connectivity index (χ3n) is 7.95. The number of hydrogen-bond donors (Lipinski definition) is 3. The van der Waals surface area contributed by atoms with E-state index >= 15 is 0 Å². The van der Waals surface area contributed by atoms with Crippen LogP contribution in [0.5, 0.6) is 0 Å². The molecular weight excluding hydrogens is 534 g/mol. The number of nitrogens with zero attached hydrogens (tertiary/aromatic N) is 2. The minimum absolute atomic E-state index is 0.0505. The minimum atomic E-state index is -0.374. The first-order valence-electron chi connectivity index (χ1n) is 14.0. The van der Waals surface area contributed by atoms with Gasteiger partial charge in [-0.05, 0) is 72.2 Å². The Kier molecular flexibility index (Phi) is 7.61. The monoisotopic (exact) mass is 567 g/mol. The summed E-state index contributed by atoms with van der Waals surface area (Å²) >= 11 is 1.59. The van der Waals surface area contributed by atoms with Gasteiger partial charge >= 0.3 is 6.03 Å². The standard InChI is InChI=1S/C32H33N5O3S/c1-2-21-8-11-25(12-9-21)34-32(40)35-27-16-23(31(39)33-17-26-5-4-14-41-26)10-13-29(27)36-18-22-15-24(20-36)28-6-3-7-30(38)37(28)19-22/h3-14,16,22,24H,2,15,17-20H2,1H3,(H,33,39)(H2,34,35,40). The fourth-order valence-corrected chi connectivity index (χ4v) is 6.58. The van der Waals surface area contributed by atoms with Gasteiger partial charge in [0.2, 0.25) is 0 Å². The molecule has 0 aliphatic carbocycles. The van der Waals surface area contributed by atoms with Crippen LogP contribution in [-0.2, 0) is 19.5 Å². The van der Waals surface area contributed by atoms with Crippen LogP contribution in [-0.4, -0.2) is 29.6 Å². The van der Waals surface area contributed by atoms with Crippen molar-refractivity contribution in [3.05, 3.63) is 110 Å². The molecule has 6 rings (SSSR count). The number of aromatic nitrogens is 1. The number of rotatable bonds is 7. The first kappa shape index (κ1) is 26.8. The molecule has 0 spiro atoms. The molecule has 41 heavy (non-hydrogen) atoms. The van der Waals surface area contributed by atoms with Gasteiger partial charge in [0.1, 0.15) is 0 Å². The van der Waals surface area contributed by atoms with Gasteiger partial charge in [0.25, 0.3) is 11.5 Å². The smallest absolute Gasteiger partial charge is 0.323 e. The normalized spacial score (nSPS) is 17.4. The van der Waals surface area contributed by atoms with Crippen LogP contribution >= 0.6 is 11.3 Å². The molecule has 4 aromatic rings. The number of thiophene rings is 1. The molecule has 9 heteroatoms. The Morgan fingerprint density at radius 2 is 1.80 bits per heavy atom. The molecule has 2 atom stereocenters. The molecule has 210 valence electrons. The van der Waals surface area contributed by atoms with E-state index in [1.54, 1.807) is 23.5 Å². The van der Waals surface area contributed by atoms with Crippen molar-refractivity contribution in [3.8, 4) is 0 Å². The molecule has 1 saturated heterocycles. The van der Waals surface area contributed by atoms with Gasteiger partial charge in [-0.3, -0.25) is 9.59 Å². The molecule has 8 nitrogen and oxygen atoms in total. The highest BCUT2D eigenvalue weighted by atomic mass is 32.1. The lowest BCUT2D eigenvalue weighted by Gasteiger charge is -2.44. The Morgan fingerprint density at radius 1 is 0.951 bits per heavy atom. The Morgan fingerprint density at radius 3 is 2.59 bits per heavy atom. The summed E-state index contributed by atoms with van der Waals surface area (Å²) in [5, 5.41) is 10.9. The molecule has 1 fully saturated rings. The number of aryl methyl sites for hydroxylation is 1. The lowest BCUT2D eigenvalue weighted by atomic mass is 9.83. The fraction of sp³-hybridized carbons (Fsp3) is 0.281. The summed E-state index contributed by atoms with van der Waals surface area (Å²) in [5.41, 5.74) is 4.90. The van der Waals surface area contributed by atoms with Crippen LogP contribution in [0.15, 0.2) is 83.0 Å². The number of carbonyl (C=O) groups excluding carboxylic acids is 2. The molecular formula is C32H33N5O3S. The number of amides is 3. The van der Waals surface area contributed by atoms with E-state index in [0.29, 0.717) is 35.9 Å². The van der Waals surface area contributed by atoms with E-state index in [-0.39, 0.29) is 23.4 Å². The van der Waals surface area contributed by atoms with Gasteiger partial charge in [-0.2, -0.15) is 0 Å². The van der Waals surface area contributed by atoms with Gasteiger partial charge in [0, 0.05) is 53.4 Å². The van der Waals surface area contributed by atoms with E-state index in [4.69, 9.17) is 0 Å². The summed E-state index contributed by atoms with van der Waals surface area (Å²) in [6.45, 7) is 4.70. The molecule has 2 unspecified atom stereocenters. The average molecular weight is 568 g/mol. The fourth-order valence-electron chi connectivity index (χ4n) is 5.94. The Labute approximate surface area is 243 Å². The summed E-state index contributed by atoms with van der Waals surface area (Å²) in [7, 11) is 0. The van der Waals surface area contributed by atoms with Crippen LogP contribution in [0.2, 0.25) is 0 Å². The summed E-state index contributed by atoms with van der Waals surface area (Å²) in [6.07, 6.45) is 1.95. The summed E-state index contributed by atoms with van der Waals surface area (Å²) in [6, 6.07) is 22.3. The van der Waals surface area contributed by atoms with Crippen LogP contribution in [0.4, 0.5) is 21.9 Å². The Balaban J connectivity index is 1.26. The lowest BCUT2D eigenvalue weighted by Crippen LogP contribution is -2.47. The minimum Gasteiger partial charge on any atom is -0.369 e. The van der Waals surface area contributed by atoms with Gasteiger partial charge in [0.05, 0.1) is 17.9 Å². The van der Waals surface area contributed by atoms with Crippen molar-refractivity contribution < 1.29 is 9.59 Å². The highest BCUT2D eigenvalue weighted by molar-refractivity contribution is 7.09. The van der Waals surface area contributed by atoms with Gasteiger partial charge < -0.3 is 25.4 Å². The topological polar surface area (TPSA) is 95.5 Å². The highest BCUT2D eigenvalue weighted by Gasteiger charge is 2.35. The van der Waals surface area contributed by atoms with Crippen LogP contribution < -0.4 is 26.4 Å². The molecule has 2 aliphatic rings. The van der Waals surface area contributed by atoms with Crippen molar-refractivity contribution >= 4 is 40.3 Å². The average Bonchev–Trinajstić information content (AvgIpc) is 3.50. The molecule has 0 radical (unpaired) electrons. The zero-order valence-corrected chi connectivity index (χ0v) is 23.7. The predicted molar refractivity (Wildman–Crippen MR) is 164 cm³/mol. The van der Waals surface area contributed by atoms with E-state index in [1.165, 1.54) is 5.56 Å². The molecule has 3 amide bonds. The second kappa shape index (κ2) is 11.6. The molecule has 4 heterocycles. The van der Waals surface area contributed by atoms with E-state index in [0.717, 1.165) is 42.2 Å². The summed E-state index contributed by atoms with van der Waals surface area (Å²) in [4.78, 5) is 42.1. The summed E-state index contributed by atoms with van der Waals surface area (Å²) < 4.78 is 1.91. The van der Waals surface area contributed by atoms with Crippen molar-refractivity contribution in [1.29, 1.82) is 0 Å².